The van der Waals surface area contributed by atoms with E-state index in [1.165, 1.54) is 51.5 Å². The molecule has 6 heteroatoms. The number of carbonyl (C=O) groups excluding carboxylic acids is 1. The SMILES string of the molecule is Cc1[nH]nc(C(=O)NCCC2CCCCN2C2CCCC2)c1Cl. The fourth-order valence-corrected chi connectivity index (χ4v) is 4.22. The Labute approximate surface area is 143 Å². The first kappa shape index (κ1) is 16.8. The van der Waals surface area contributed by atoms with Crippen molar-refractivity contribution in [2.75, 3.05) is 13.1 Å². The molecule has 0 aromatic carbocycles. The lowest BCUT2D eigenvalue weighted by atomic mass is 9.96. The number of halogens is 1. The predicted molar refractivity (Wildman–Crippen MR) is 91.9 cm³/mol. The number of nitrogens with one attached hydrogen (secondary N) is 2. The summed E-state index contributed by atoms with van der Waals surface area (Å²) in [5, 5.41) is 10.1. The van der Waals surface area contributed by atoms with Gasteiger partial charge in [0.2, 0.25) is 0 Å². The van der Waals surface area contributed by atoms with Crippen molar-refractivity contribution in [1.29, 1.82) is 0 Å². The lowest BCUT2D eigenvalue weighted by molar-refractivity contribution is 0.0858. The summed E-state index contributed by atoms with van der Waals surface area (Å²) in [6.07, 6.45) is 10.4. The quantitative estimate of drug-likeness (QED) is 0.866. The van der Waals surface area contributed by atoms with E-state index in [-0.39, 0.29) is 5.91 Å². The highest BCUT2D eigenvalue weighted by Crippen LogP contribution is 2.30. The summed E-state index contributed by atoms with van der Waals surface area (Å²) < 4.78 is 0. The number of likely N-dealkylation sites (tertiary alicyclic amines) is 1. The molecule has 23 heavy (non-hydrogen) atoms. The lowest BCUT2D eigenvalue weighted by Gasteiger charge is -2.40. The maximum absolute atomic E-state index is 12.2. The number of hydrogen-bond donors (Lipinski definition) is 2. The molecule has 1 aromatic heterocycles. The smallest absolute Gasteiger partial charge is 0.273 e. The zero-order chi connectivity index (χ0) is 16.2. The second-order valence-electron chi connectivity index (χ2n) is 6.88. The summed E-state index contributed by atoms with van der Waals surface area (Å²) in [6, 6.07) is 1.39. The first-order valence-corrected chi connectivity index (χ1v) is 9.29. The average molecular weight is 339 g/mol. The summed E-state index contributed by atoms with van der Waals surface area (Å²) in [6.45, 7) is 3.73. The molecule has 1 amide bonds. The molecular weight excluding hydrogens is 312 g/mol. The summed E-state index contributed by atoms with van der Waals surface area (Å²) in [7, 11) is 0. The van der Waals surface area contributed by atoms with Crippen LogP contribution in [-0.2, 0) is 0 Å². The number of carbonyl (C=O) groups is 1. The van der Waals surface area contributed by atoms with Gasteiger partial charge in [-0.25, -0.2) is 0 Å². The van der Waals surface area contributed by atoms with Crippen molar-refractivity contribution in [2.24, 2.45) is 0 Å². The van der Waals surface area contributed by atoms with Gasteiger partial charge in [-0.3, -0.25) is 14.8 Å². The normalized spacial score (nSPS) is 23.3. The van der Waals surface area contributed by atoms with Gasteiger partial charge in [0.25, 0.3) is 5.91 Å². The molecule has 1 unspecified atom stereocenters. The van der Waals surface area contributed by atoms with Crippen molar-refractivity contribution in [3.05, 3.63) is 16.4 Å². The van der Waals surface area contributed by atoms with Gasteiger partial charge in [0.05, 0.1) is 10.7 Å². The Morgan fingerprint density at radius 1 is 1.30 bits per heavy atom. The Bertz CT molecular complexity index is 539. The van der Waals surface area contributed by atoms with Crippen molar-refractivity contribution < 1.29 is 4.79 Å². The van der Waals surface area contributed by atoms with Crippen LogP contribution >= 0.6 is 11.6 Å². The topological polar surface area (TPSA) is 61.0 Å². The fraction of sp³-hybridized carbons (Fsp3) is 0.765. The van der Waals surface area contributed by atoms with Gasteiger partial charge in [0.15, 0.2) is 5.69 Å². The van der Waals surface area contributed by atoms with E-state index in [2.05, 4.69) is 20.4 Å². The molecule has 5 nitrogen and oxygen atoms in total. The van der Waals surface area contributed by atoms with Crippen molar-refractivity contribution in [1.82, 2.24) is 20.4 Å². The largest absolute Gasteiger partial charge is 0.351 e. The first-order chi connectivity index (χ1) is 11.2. The molecule has 128 valence electrons. The number of aromatic nitrogens is 2. The molecule has 1 atom stereocenters. The molecule has 0 bridgehead atoms. The van der Waals surface area contributed by atoms with Crippen LogP contribution in [0.4, 0.5) is 0 Å². The molecular formula is C17H27ClN4O. The Morgan fingerprint density at radius 2 is 2.04 bits per heavy atom. The van der Waals surface area contributed by atoms with Crippen molar-refractivity contribution in [3.8, 4) is 0 Å². The minimum absolute atomic E-state index is 0.178. The third-order valence-corrected chi connectivity index (χ3v) is 5.78. The number of amides is 1. The number of rotatable bonds is 5. The van der Waals surface area contributed by atoms with E-state index in [4.69, 9.17) is 11.6 Å². The minimum Gasteiger partial charge on any atom is -0.351 e. The average Bonchev–Trinajstić information content (AvgIpc) is 3.19. The maximum atomic E-state index is 12.2. The highest BCUT2D eigenvalue weighted by Gasteiger charge is 2.30. The van der Waals surface area contributed by atoms with E-state index < -0.39 is 0 Å². The summed E-state index contributed by atoms with van der Waals surface area (Å²) in [4.78, 5) is 14.9. The van der Waals surface area contributed by atoms with Crippen LogP contribution in [0, 0.1) is 6.92 Å². The van der Waals surface area contributed by atoms with E-state index in [9.17, 15) is 4.79 Å². The highest BCUT2D eigenvalue weighted by atomic mass is 35.5. The molecule has 0 radical (unpaired) electrons. The predicted octanol–water partition coefficient (Wildman–Crippen LogP) is 3.29. The third kappa shape index (κ3) is 3.89. The summed E-state index contributed by atoms with van der Waals surface area (Å²) in [5.41, 5.74) is 1.04. The Kier molecular flexibility index (Phi) is 5.59. The molecule has 3 rings (SSSR count). The summed E-state index contributed by atoms with van der Waals surface area (Å²) >= 11 is 6.08. The van der Waals surface area contributed by atoms with Gasteiger partial charge in [-0.2, -0.15) is 5.10 Å². The van der Waals surface area contributed by atoms with Gasteiger partial charge in [-0.15, -0.1) is 0 Å². The number of hydrogen-bond acceptors (Lipinski definition) is 3. The second kappa shape index (κ2) is 7.67. The van der Waals surface area contributed by atoms with Gasteiger partial charge in [-0.1, -0.05) is 30.9 Å². The van der Waals surface area contributed by atoms with E-state index >= 15 is 0 Å². The minimum atomic E-state index is -0.178. The van der Waals surface area contributed by atoms with Crippen LogP contribution in [0.2, 0.25) is 5.02 Å². The van der Waals surface area contributed by atoms with Crippen LogP contribution in [0.1, 0.15) is 67.5 Å². The maximum Gasteiger partial charge on any atom is 0.273 e. The van der Waals surface area contributed by atoms with E-state index in [0.717, 1.165) is 18.2 Å². The van der Waals surface area contributed by atoms with Gasteiger partial charge in [-0.05, 0) is 45.6 Å². The number of aromatic amines is 1. The standard InChI is InChI=1S/C17H27ClN4O/c1-12-15(18)16(21-20-12)17(23)19-10-9-14-8-4-5-11-22(14)13-6-2-3-7-13/h13-14H,2-11H2,1H3,(H,19,23)(H,20,21). The van der Waals surface area contributed by atoms with Crippen LogP contribution in [0.15, 0.2) is 0 Å². The molecule has 0 spiro atoms. The summed E-state index contributed by atoms with van der Waals surface area (Å²) in [5.74, 6) is -0.178. The zero-order valence-electron chi connectivity index (χ0n) is 13.9. The fourth-order valence-electron chi connectivity index (χ4n) is 4.05. The van der Waals surface area contributed by atoms with Gasteiger partial charge in [0, 0.05) is 18.6 Å². The highest BCUT2D eigenvalue weighted by molar-refractivity contribution is 6.34. The van der Waals surface area contributed by atoms with Crippen LogP contribution in [-0.4, -0.2) is 46.2 Å². The van der Waals surface area contributed by atoms with Gasteiger partial charge < -0.3 is 5.32 Å². The Hall–Kier alpha value is -1.07. The molecule has 2 N–H and O–H groups in total. The van der Waals surface area contributed by atoms with Crippen molar-refractivity contribution in [2.45, 2.75) is 70.4 Å². The van der Waals surface area contributed by atoms with Crippen LogP contribution in [0.5, 0.6) is 0 Å². The third-order valence-electron chi connectivity index (χ3n) is 5.32. The monoisotopic (exact) mass is 338 g/mol. The molecule has 1 saturated heterocycles. The molecule has 1 aliphatic carbocycles. The van der Waals surface area contributed by atoms with Crippen LogP contribution in [0.25, 0.3) is 0 Å². The zero-order valence-corrected chi connectivity index (χ0v) is 14.7. The van der Waals surface area contributed by atoms with Crippen molar-refractivity contribution in [3.63, 3.8) is 0 Å². The number of nitrogens with zero attached hydrogens (tertiary/aromatic N) is 2. The molecule has 1 aromatic rings. The van der Waals surface area contributed by atoms with Gasteiger partial charge in [0.1, 0.15) is 0 Å². The molecule has 1 saturated carbocycles. The number of H-pyrrole nitrogens is 1. The first-order valence-electron chi connectivity index (χ1n) is 8.91. The number of aryl methyl sites for hydroxylation is 1. The Morgan fingerprint density at radius 3 is 2.74 bits per heavy atom. The molecule has 2 fully saturated rings. The van der Waals surface area contributed by atoms with Crippen molar-refractivity contribution >= 4 is 17.5 Å². The van der Waals surface area contributed by atoms with Crippen LogP contribution < -0.4 is 5.32 Å². The molecule has 2 aliphatic rings. The number of piperidine rings is 1. The lowest BCUT2D eigenvalue weighted by Crippen LogP contribution is -2.46. The van der Waals surface area contributed by atoms with E-state index in [0.29, 0.717) is 23.3 Å². The molecule has 1 aliphatic heterocycles. The van der Waals surface area contributed by atoms with E-state index in [1.807, 2.05) is 6.92 Å². The van der Waals surface area contributed by atoms with E-state index in [1.54, 1.807) is 0 Å². The Balaban J connectivity index is 1.50. The van der Waals surface area contributed by atoms with Crippen LogP contribution in [0.3, 0.4) is 0 Å². The molecule has 2 heterocycles. The second-order valence-corrected chi connectivity index (χ2v) is 7.26. The van der Waals surface area contributed by atoms with Gasteiger partial charge >= 0.3 is 0 Å².